The number of rotatable bonds is 5. The lowest BCUT2D eigenvalue weighted by atomic mass is 9.90. The summed E-state index contributed by atoms with van der Waals surface area (Å²) in [4.78, 5) is 16.7. The van der Waals surface area contributed by atoms with Crippen molar-refractivity contribution < 1.29 is 13.6 Å². The van der Waals surface area contributed by atoms with E-state index in [0.717, 1.165) is 11.3 Å². The molecule has 3 aromatic rings. The van der Waals surface area contributed by atoms with Gasteiger partial charge in [-0.15, -0.1) is 0 Å². The zero-order chi connectivity index (χ0) is 17.9. The number of carbonyl (C=O) groups excluding carboxylic acids is 1. The summed E-state index contributed by atoms with van der Waals surface area (Å²) in [7, 11) is 0. The molecule has 0 aliphatic carbocycles. The highest BCUT2D eigenvalue weighted by atomic mass is 19.1. The van der Waals surface area contributed by atoms with E-state index in [1.54, 1.807) is 12.3 Å². The third kappa shape index (κ3) is 3.94. The lowest BCUT2D eigenvalue weighted by Gasteiger charge is -2.22. The van der Waals surface area contributed by atoms with Crippen molar-refractivity contribution in [3.63, 3.8) is 0 Å². The summed E-state index contributed by atoms with van der Waals surface area (Å²) in [6.45, 7) is 4.28. The van der Waals surface area contributed by atoms with Gasteiger partial charge in [-0.3, -0.25) is 4.79 Å². The molecule has 0 spiro atoms. The Morgan fingerprint density at radius 3 is 2.64 bits per heavy atom. The molecule has 5 heteroatoms. The van der Waals surface area contributed by atoms with E-state index in [0.29, 0.717) is 18.0 Å². The molecule has 0 bridgehead atoms. The highest BCUT2D eigenvalue weighted by Crippen LogP contribution is 2.26. The zero-order valence-electron chi connectivity index (χ0n) is 14.1. The van der Waals surface area contributed by atoms with Crippen molar-refractivity contribution in [2.24, 2.45) is 0 Å². The fourth-order valence-corrected chi connectivity index (χ4v) is 2.42. The van der Waals surface area contributed by atoms with Crippen molar-refractivity contribution in [2.45, 2.75) is 19.3 Å². The Morgan fingerprint density at radius 1 is 1.16 bits per heavy atom. The lowest BCUT2D eigenvalue weighted by molar-refractivity contribution is 0.0945. The molecule has 0 radical (unpaired) electrons. The van der Waals surface area contributed by atoms with E-state index in [1.165, 1.54) is 18.2 Å². The number of nitrogens with one attached hydrogen (secondary N) is 1. The summed E-state index contributed by atoms with van der Waals surface area (Å²) in [5.41, 5.74) is 1.50. The molecule has 0 aliphatic rings. The normalized spacial score (nSPS) is 11.3. The first-order valence-corrected chi connectivity index (χ1v) is 8.01. The van der Waals surface area contributed by atoms with Crippen molar-refractivity contribution in [2.75, 3.05) is 6.54 Å². The third-order valence-electron chi connectivity index (χ3n) is 4.00. The predicted molar refractivity (Wildman–Crippen MR) is 93.7 cm³/mol. The molecular formula is C20H19FN2O2. The number of aromatic nitrogens is 1. The van der Waals surface area contributed by atoms with Crippen molar-refractivity contribution in [1.29, 1.82) is 0 Å². The molecule has 2 aromatic carbocycles. The Balaban J connectivity index is 1.70. The van der Waals surface area contributed by atoms with Crippen molar-refractivity contribution >= 4 is 5.91 Å². The van der Waals surface area contributed by atoms with E-state index in [4.69, 9.17) is 4.42 Å². The van der Waals surface area contributed by atoms with Gasteiger partial charge in [0.05, 0.1) is 5.69 Å². The number of hydrogen-bond donors (Lipinski definition) is 1. The van der Waals surface area contributed by atoms with Crippen molar-refractivity contribution in [3.8, 4) is 11.5 Å². The van der Waals surface area contributed by atoms with Crippen LogP contribution in [-0.2, 0) is 5.41 Å². The molecule has 0 saturated carbocycles. The van der Waals surface area contributed by atoms with Gasteiger partial charge in [0.1, 0.15) is 12.1 Å². The zero-order valence-corrected chi connectivity index (χ0v) is 14.1. The van der Waals surface area contributed by atoms with Gasteiger partial charge in [0.2, 0.25) is 5.89 Å². The second-order valence-electron chi connectivity index (χ2n) is 6.48. The largest absolute Gasteiger partial charge is 0.444 e. The number of hydrogen-bond acceptors (Lipinski definition) is 3. The quantitative estimate of drug-likeness (QED) is 0.759. The third-order valence-corrected chi connectivity index (χ3v) is 4.00. The molecule has 4 nitrogen and oxygen atoms in total. The molecule has 25 heavy (non-hydrogen) atoms. The number of amides is 1. The van der Waals surface area contributed by atoms with E-state index in [9.17, 15) is 9.18 Å². The fourth-order valence-electron chi connectivity index (χ4n) is 2.42. The van der Waals surface area contributed by atoms with Crippen LogP contribution < -0.4 is 5.32 Å². The van der Waals surface area contributed by atoms with Crippen LogP contribution in [0.25, 0.3) is 11.5 Å². The Kier molecular flexibility index (Phi) is 4.65. The molecule has 1 aromatic heterocycles. The maximum Gasteiger partial charge on any atom is 0.251 e. The first-order valence-electron chi connectivity index (χ1n) is 8.01. The summed E-state index contributed by atoms with van der Waals surface area (Å²) in [6.07, 6.45) is 1.61. The summed E-state index contributed by atoms with van der Waals surface area (Å²) in [5.74, 6) is -0.213. The van der Waals surface area contributed by atoms with Gasteiger partial charge in [0.15, 0.2) is 0 Å². The van der Waals surface area contributed by atoms with Crippen molar-refractivity contribution in [1.82, 2.24) is 10.3 Å². The first kappa shape index (κ1) is 16.9. The van der Waals surface area contributed by atoms with Gasteiger partial charge >= 0.3 is 0 Å². The van der Waals surface area contributed by atoms with Gasteiger partial charge in [-0.05, 0) is 30.3 Å². The van der Waals surface area contributed by atoms with Crippen LogP contribution in [0.4, 0.5) is 4.39 Å². The number of carbonyl (C=O) groups is 1. The Hall–Kier alpha value is -2.95. The highest BCUT2D eigenvalue weighted by Gasteiger charge is 2.26. The van der Waals surface area contributed by atoms with Crippen LogP contribution in [0, 0.1) is 5.82 Å². The minimum Gasteiger partial charge on any atom is -0.444 e. The maximum atomic E-state index is 13.2. The van der Waals surface area contributed by atoms with Crippen LogP contribution in [0.1, 0.15) is 29.9 Å². The Morgan fingerprint density at radius 2 is 1.92 bits per heavy atom. The molecule has 0 aliphatic heterocycles. The molecule has 0 saturated heterocycles. The van der Waals surface area contributed by atoms with Gasteiger partial charge < -0.3 is 9.73 Å². The molecule has 0 unspecified atom stereocenters. The van der Waals surface area contributed by atoms with Crippen LogP contribution in [0.2, 0.25) is 0 Å². The predicted octanol–water partition coefficient (Wildman–Crippen LogP) is 4.19. The monoisotopic (exact) mass is 338 g/mol. The highest BCUT2D eigenvalue weighted by molar-refractivity contribution is 5.94. The number of halogens is 1. The number of nitrogens with zero attached hydrogens (tertiary/aromatic N) is 1. The van der Waals surface area contributed by atoms with Gasteiger partial charge in [-0.1, -0.05) is 38.1 Å². The summed E-state index contributed by atoms with van der Waals surface area (Å²) >= 11 is 0. The Labute approximate surface area is 145 Å². The Bertz CT molecular complexity index is 872. The van der Waals surface area contributed by atoms with E-state index in [-0.39, 0.29) is 5.91 Å². The number of benzene rings is 2. The van der Waals surface area contributed by atoms with Gasteiger partial charge in [-0.2, -0.15) is 0 Å². The second kappa shape index (κ2) is 6.89. The van der Waals surface area contributed by atoms with Crippen LogP contribution in [-0.4, -0.2) is 17.4 Å². The molecule has 1 amide bonds. The average Bonchev–Trinajstić information content (AvgIpc) is 3.12. The summed E-state index contributed by atoms with van der Waals surface area (Å²) in [5, 5.41) is 2.83. The second-order valence-corrected chi connectivity index (χ2v) is 6.48. The fraction of sp³-hybridized carbons (Fsp3) is 0.200. The molecule has 1 heterocycles. The SMILES string of the molecule is CC(C)(CNC(=O)c1cccc(F)c1)c1coc(-c2ccccc2)n1. The standard InChI is InChI=1S/C20H19FN2O2/c1-20(2,13-22-18(24)15-9-6-10-16(21)11-15)17-12-25-19(23-17)14-7-4-3-5-8-14/h3-12H,13H2,1-2H3,(H,22,24). The molecule has 1 N–H and O–H groups in total. The molecule has 128 valence electrons. The smallest absolute Gasteiger partial charge is 0.251 e. The maximum absolute atomic E-state index is 13.2. The molecule has 0 fully saturated rings. The van der Waals surface area contributed by atoms with E-state index in [1.807, 2.05) is 44.2 Å². The van der Waals surface area contributed by atoms with Crippen LogP contribution in [0.5, 0.6) is 0 Å². The molecule has 0 atom stereocenters. The minimum absolute atomic E-state index is 0.293. The first-order chi connectivity index (χ1) is 12.0. The van der Waals surface area contributed by atoms with Crippen molar-refractivity contribution in [3.05, 3.63) is 77.9 Å². The minimum atomic E-state index is -0.434. The topological polar surface area (TPSA) is 55.1 Å². The summed E-state index contributed by atoms with van der Waals surface area (Å²) < 4.78 is 18.8. The van der Waals surface area contributed by atoms with Gasteiger partial charge in [0.25, 0.3) is 5.91 Å². The van der Waals surface area contributed by atoms with Crippen LogP contribution >= 0.6 is 0 Å². The van der Waals surface area contributed by atoms with Gasteiger partial charge in [0, 0.05) is 23.1 Å². The van der Waals surface area contributed by atoms with Gasteiger partial charge in [-0.25, -0.2) is 9.37 Å². The summed E-state index contributed by atoms with van der Waals surface area (Å²) in [6, 6.07) is 15.2. The van der Waals surface area contributed by atoms with E-state index >= 15 is 0 Å². The number of oxazole rings is 1. The van der Waals surface area contributed by atoms with Crippen LogP contribution in [0.3, 0.4) is 0 Å². The molecule has 3 rings (SSSR count). The van der Waals surface area contributed by atoms with E-state index < -0.39 is 11.2 Å². The molecular weight excluding hydrogens is 319 g/mol. The lowest BCUT2D eigenvalue weighted by Crippen LogP contribution is -2.37. The van der Waals surface area contributed by atoms with E-state index in [2.05, 4.69) is 10.3 Å². The average molecular weight is 338 g/mol. The van der Waals surface area contributed by atoms with Crippen LogP contribution in [0.15, 0.2) is 65.3 Å².